The largest absolute Gasteiger partial charge is 0.461 e. The number of carbonyl (C=O) groups excluding carboxylic acids is 1. The quantitative estimate of drug-likeness (QED) is 0.417. The minimum absolute atomic E-state index is 0.0488. The Labute approximate surface area is 192 Å². The summed E-state index contributed by atoms with van der Waals surface area (Å²) in [7, 11) is 0. The highest BCUT2D eigenvalue weighted by atomic mass is 19.4. The SMILES string of the molecule is CCCCCC(c1cccc(C#N)c1)C(C)CC(C)(Oc1ccc(C(F)(F)F)cn1)C(N)=O. The maximum absolute atomic E-state index is 12.8. The van der Waals surface area contributed by atoms with Crippen molar-refractivity contribution in [2.45, 2.75) is 70.6 Å². The van der Waals surface area contributed by atoms with E-state index in [1.165, 1.54) is 6.92 Å². The van der Waals surface area contributed by atoms with Gasteiger partial charge in [-0.2, -0.15) is 18.4 Å². The molecule has 1 amide bonds. The molecule has 0 fully saturated rings. The number of hydrogen-bond acceptors (Lipinski definition) is 4. The standard InChI is InChI=1S/C25H30F3N3O2/c1-4-5-6-10-21(19-9-7-8-18(13-19)15-29)17(2)14-24(3,23(30)32)33-22-12-11-20(16-31-22)25(26,27)28/h7-9,11-13,16-17,21H,4-6,10,14H2,1-3H3,(H2,30,32). The second-order valence-corrected chi connectivity index (χ2v) is 8.60. The predicted molar refractivity (Wildman–Crippen MR) is 119 cm³/mol. The first kappa shape index (κ1) is 26.2. The van der Waals surface area contributed by atoms with Crippen LogP contribution < -0.4 is 10.5 Å². The van der Waals surface area contributed by atoms with Gasteiger partial charge in [-0.15, -0.1) is 0 Å². The lowest BCUT2D eigenvalue weighted by Gasteiger charge is -2.33. The summed E-state index contributed by atoms with van der Waals surface area (Å²) >= 11 is 0. The van der Waals surface area contributed by atoms with Crippen molar-refractivity contribution >= 4 is 5.91 Å². The van der Waals surface area contributed by atoms with Gasteiger partial charge < -0.3 is 10.5 Å². The van der Waals surface area contributed by atoms with Crippen molar-refractivity contribution in [2.75, 3.05) is 0 Å². The van der Waals surface area contributed by atoms with Crippen LogP contribution in [0.1, 0.15) is 75.5 Å². The van der Waals surface area contributed by atoms with E-state index in [0.29, 0.717) is 11.8 Å². The molecule has 0 aliphatic carbocycles. The molecule has 0 spiro atoms. The zero-order valence-electron chi connectivity index (χ0n) is 19.2. The number of nitriles is 1. The number of halogens is 3. The number of ether oxygens (including phenoxy) is 1. The van der Waals surface area contributed by atoms with Crippen LogP contribution in [0.4, 0.5) is 13.2 Å². The van der Waals surface area contributed by atoms with Crippen LogP contribution in [-0.2, 0) is 11.0 Å². The van der Waals surface area contributed by atoms with Crippen molar-refractivity contribution in [3.05, 3.63) is 59.3 Å². The number of amides is 1. The molecule has 1 aromatic carbocycles. The van der Waals surface area contributed by atoms with Gasteiger partial charge >= 0.3 is 6.18 Å². The Morgan fingerprint density at radius 2 is 1.97 bits per heavy atom. The maximum Gasteiger partial charge on any atom is 0.417 e. The molecule has 0 radical (unpaired) electrons. The second kappa shape index (κ2) is 11.2. The van der Waals surface area contributed by atoms with Crippen molar-refractivity contribution < 1.29 is 22.7 Å². The maximum atomic E-state index is 12.8. The summed E-state index contributed by atoms with van der Waals surface area (Å²) in [6.45, 7) is 5.63. The Morgan fingerprint density at radius 1 is 1.24 bits per heavy atom. The van der Waals surface area contributed by atoms with E-state index in [1.807, 2.05) is 25.1 Å². The number of primary amides is 1. The van der Waals surface area contributed by atoms with Gasteiger partial charge in [0, 0.05) is 12.3 Å². The third-order valence-electron chi connectivity index (χ3n) is 5.88. The van der Waals surface area contributed by atoms with Crippen molar-refractivity contribution in [3.8, 4) is 11.9 Å². The molecule has 0 saturated heterocycles. The van der Waals surface area contributed by atoms with Gasteiger partial charge in [-0.25, -0.2) is 4.98 Å². The molecule has 5 nitrogen and oxygen atoms in total. The fourth-order valence-corrected chi connectivity index (χ4v) is 4.02. The Bertz CT molecular complexity index is 970. The second-order valence-electron chi connectivity index (χ2n) is 8.60. The zero-order chi connectivity index (χ0) is 24.6. The van der Waals surface area contributed by atoms with E-state index in [0.717, 1.165) is 43.4 Å². The van der Waals surface area contributed by atoms with Crippen LogP contribution in [0.5, 0.6) is 5.88 Å². The Kier molecular flexibility index (Phi) is 8.86. The number of carbonyl (C=O) groups is 1. The molecule has 2 N–H and O–H groups in total. The van der Waals surface area contributed by atoms with Gasteiger partial charge in [-0.1, -0.05) is 45.2 Å². The molecule has 0 bridgehead atoms. The number of aromatic nitrogens is 1. The highest BCUT2D eigenvalue weighted by molar-refractivity contribution is 5.83. The number of pyridine rings is 1. The molecule has 3 atom stereocenters. The molecular weight excluding hydrogens is 431 g/mol. The third kappa shape index (κ3) is 7.21. The van der Waals surface area contributed by atoms with Gasteiger partial charge in [-0.05, 0) is 55.4 Å². The van der Waals surface area contributed by atoms with E-state index in [-0.39, 0.29) is 24.1 Å². The lowest BCUT2D eigenvalue weighted by molar-refractivity contribution is -0.138. The van der Waals surface area contributed by atoms with Gasteiger partial charge in [0.05, 0.1) is 17.2 Å². The fourth-order valence-electron chi connectivity index (χ4n) is 4.02. The zero-order valence-corrected chi connectivity index (χ0v) is 19.2. The lowest BCUT2D eigenvalue weighted by atomic mass is 9.77. The number of hydrogen-bond donors (Lipinski definition) is 1. The monoisotopic (exact) mass is 461 g/mol. The summed E-state index contributed by atoms with van der Waals surface area (Å²) in [5, 5.41) is 9.28. The van der Waals surface area contributed by atoms with Gasteiger partial charge in [-0.3, -0.25) is 4.79 Å². The van der Waals surface area contributed by atoms with Crippen LogP contribution in [0.2, 0.25) is 0 Å². The summed E-state index contributed by atoms with van der Waals surface area (Å²) in [5.41, 5.74) is 4.84. The number of nitrogens with two attached hydrogens (primary N) is 1. The first-order chi connectivity index (χ1) is 15.5. The van der Waals surface area contributed by atoms with Gasteiger partial charge in [0.1, 0.15) is 0 Å². The molecule has 0 aliphatic heterocycles. The topological polar surface area (TPSA) is 89.0 Å². The molecule has 8 heteroatoms. The van der Waals surface area contributed by atoms with Gasteiger partial charge in [0.2, 0.25) is 5.88 Å². The minimum atomic E-state index is -4.52. The smallest absolute Gasteiger partial charge is 0.417 e. The lowest BCUT2D eigenvalue weighted by Crippen LogP contribution is -2.48. The molecule has 2 aromatic rings. The minimum Gasteiger partial charge on any atom is -0.461 e. The summed E-state index contributed by atoms with van der Waals surface area (Å²) < 4.78 is 44.2. The van der Waals surface area contributed by atoms with Crippen LogP contribution in [0, 0.1) is 17.2 Å². The normalized spacial score (nSPS) is 15.2. The molecule has 33 heavy (non-hydrogen) atoms. The number of benzene rings is 1. The van der Waals surface area contributed by atoms with Crippen molar-refractivity contribution in [2.24, 2.45) is 11.7 Å². The third-order valence-corrected chi connectivity index (χ3v) is 5.88. The van der Waals surface area contributed by atoms with E-state index in [9.17, 15) is 23.2 Å². The van der Waals surface area contributed by atoms with Crippen LogP contribution in [0.15, 0.2) is 42.6 Å². The van der Waals surface area contributed by atoms with Crippen molar-refractivity contribution in [3.63, 3.8) is 0 Å². The van der Waals surface area contributed by atoms with Crippen LogP contribution in [-0.4, -0.2) is 16.5 Å². The average Bonchev–Trinajstić information content (AvgIpc) is 2.76. The first-order valence-electron chi connectivity index (χ1n) is 11.0. The van der Waals surface area contributed by atoms with Crippen LogP contribution in [0.3, 0.4) is 0 Å². The van der Waals surface area contributed by atoms with Crippen LogP contribution >= 0.6 is 0 Å². The number of unbranched alkanes of at least 4 members (excludes halogenated alkanes) is 2. The van der Waals surface area contributed by atoms with E-state index < -0.39 is 23.2 Å². The first-order valence-corrected chi connectivity index (χ1v) is 11.0. The average molecular weight is 462 g/mol. The van der Waals surface area contributed by atoms with E-state index >= 15 is 0 Å². The predicted octanol–water partition coefficient (Wildman–Crippen LogP) is 5.99. The van der Waals surface area contributed by atoms with Crippen molar-refractivity contribution in [1.29, 1.82) is 5.26 Å². The van der Waals surface area contributed by atoms with E-state index in [2.05, 4.69) is 18.0 Å². The molecule has 1 heterocycles. The summed E-state index contributed by atoms with van der Waals surface area (Å²) in [4.78, 5) is 16.1. The molecule has 1 aromatic heterocycles. The van der Waals surface area contributed by atoms with Crippen LogP contribution in [0.25, 0.3) is 0 Å². The summed E-state index contributed by atoms with van der Waals surface area (Å²) in [6.07, 6.45) is 0.339. The number of alkyl halides is 3. The van der Waals surface area contributed by atoms with Gasteiger partial charge in [0.15, 0.2) is 5.60 Å². The van der Waals surface area contributed by atoms with E-state index in [1.54, 1.807) is 6.07 Å². The Hall–Kier alpha value is -3.08. The molecule has 3 unspecified atom stereocenters. The highest BCUT2D eigenvalue weighted by Crippen LogP contribution is 2.37. The van der Waals surface area contributed by atoms with Crippen molar-refractivity contribution in [1.82, 2.24) is 4.98 Å². The fraction of sp³-hybridized carbons (Fsp3) is 0.480. The highest BCUT2D eigenvalue weighted by Gasteiger charge is 2.38. The number of rotatable bonds is 11. The molecule has 0 saturated carbocycles. The molecular formula is C25H30F3N3O2. The van der Waals surface area contributed by atoms with E-state index in [4.69, 9.17) is 10.5 Å². The molecule has 0 aliphatic rings. The summed E-state index contributed by atoms with van der Waals surface area (Å²) in [5.74, 6) is -0.852. The molecule has 2 rings (SSSR count). The molecule has 178 valence electrons. The van der Waals surface area contributed by atoms with Gasteiger partial charge in [0.25, 0.3) is 5.91 Å². The number of nitrogens with zero attached hydrogens (tertiary/aromatic N) is 2. The Morgan fingerprint density at radius 3 is 2.52 bits per heavy atom. The summed E-state index contributed by atoms with van der Waals surface area (Å²) in [6, 6.07) is 11.5. The Balaban J connectivity index is 2.27.